The van der Waals surface area contributed by atoms with Crippen molar-refractivity contribution in [2.45, 2.75) is 25.7 Å². The van der Waals surface area contributed by atoms with Crippen molar-refractivity contribution in [3.8, 4) is 0 Å². The van der Waals surface area contributed by atoms with Crippen molar-refractivity contribution in [3.05, 3.63) is 88.4 Å². The molecule has 26 heavy (non-hydrogen) atoms. The topological polar surface area (TPSA) is 82.0 Å². The van der Waals surface area contributed by atoms with Crippen LogP contribution < -0.4 is 5.73 Å². The number of aryl methyl sites for hydroxylation is 3. The largest absolute Gasteiger partial charge is 0.366 e. The second-order valence-corrected chi connectivity index (χ2v) is 6.31. The van der Waals surface area contributed by atoms with E-state index in [1.54, 1.807) is 12.1 Å². The minimum atomic E-state index is -0.416. The average molecular weight is 369 g/mol. The van der Waals surface area contributed by atoms with Crippen LogP contribution >= 0.6 is 11.6 Å². The molecule has 0 bridgehead atoms. The van der Waals surface area contributed by atoms with Gasteiger partial charge in [-0.15, -0.1) is 0 Å². The Bertz CT molecular complexity index is 892. The summed E-state index contributed by atoms with van der Waals surface area (Å²) in [4.78, 5) is 15.8. The zero-order chi connectivity index (χ0) is 18.4. The standard InChI is InChI=1S/C20H19ClN3O2/c21-17-10-4-2-7-15(17)12-13-18-23-19(26-24-18)11-5-8-14-6-1-3-9-16(14)20(22)25/h1-4,6-7,9-11H,5,8,12-13H2,(H2,22,25). The summed E-state index contributed by atoms with van der Waals surface area (Å²) in [5.74, 6) is 0.713. The smallest absolute Gasteiger partial charge is 0.248 e. The van der Waals surface area contributed by atoms with Gasteiger partial charge in [0.1, 0.15) is 0 Å². The van der Waals surface area contributed by atoms with Crippen molar-refractivity contribution in [3.63, 3.8) is 0 Å². The van der Waals surface area contributed by atoms with Gasteiger partial charge in [0.25, 0.3) is 0 Å². The van der Waals surface area contributed by atoms with E-state index in [4.69, 9.17) is 21.9 Å². The number of hydrogen-bond acceptors (Lipinski definition) is 4. The summed E-state index contributed by atoms with van der Waals surface area (Å²) >= 11 is 6.15. The molecule has 1 aromatic heterocycles. The van der Waals surface area contributed by atoms with E-state index in [2.05, 4.69) is 10.1 Å². The van der Waals surface area contributed by atoms with Crippen LogP contribution in [0.5, 0.6) is 0 Å². The fraction of sp³-hybridized carbons (Fsp3) is 0.200. The third-order valence-electron chi connectivity index (χ3n) is 4.08. The first-order valence-electron chi connectivity index (χ1n) is 8.40. The van der Waals surface area contributed by atoms with Gasteiger partial charge in [-0.1, -0.05) is 53.2 Å². The highest BCUT2D eigenvalue weighted by atomic mass is 35.5. The molecular formula is C20H19ClN3O2. The normalized spacial score (nSPS) is 10.8. The van der Waals surface area contributed by atoms with Gasteiger partial charge in [0.15, 0.2) is 5.82 Å². The molecule has 0 fully saturated rings. The van der Waals surface area contributed by atoms with Crippen LogP contribution in [0.25, 0.3) is 0 Å². The number of benzene rings is 2. The third kappa shape index (κ3) is 4.70. The van der Waals surface area contributed by atoms with E-state index in [9.17, 15) is 4.79 Å². The van der Waals surface area contributed by atoms with E-state index in [0.717, 1.165) is 22.6 Å². The Hall–Kier alpha value is -2.66. The lowest BCUT2D eigenvalue weighted by Crippen LogP contribution is -2.13. The van der Waals surface area contributed by atoms with Crippen LogP contribution in [0.3, 0.4) is 0 Å². The van der Waals surface area contributed by atoms with Crippen molar-refractivity contribution >= 4 is 17.5 Å². The van der Waals surface area contributed by atoms with Gasteiger partial charge in [0.2, 0.25) is 11.8 Å². The summed E-state index contributed by atoms with van der Waals surface area (Å²) in [6, 6.07) is 15.1. The average Bonchev–Trinajstić information content (AvgIpc) is 3.09. The van der Waals surface area contributed by atoms with Gasteiger partial charge in [0.05, 0.1) is 6.42 Å². The molecule has 0 aliphatic rings. The summed E-state index contributed by atoms with van der Waals surface area (Å²) in [5, 5.41) is 4.74. The van der Waals surface area contributed by atoms with Gasteiger partial charge in [-0.2, -0.15) is 4.98 Å². The number of nitrogens with zero attached hydrogens (tertiary/aromatic N) is 2. The molecule has 133 valence electrons. The molecule has 1 amide bonds. The van der Waals surface area contributed by atoms with E-state index in [0.29, 0.717) is 36.5 Å². The van der Waals surface area contributed by atoms with Gasteiger partial charge < -0.3 is 10.3 Å². The van der Waals surface area contributed by atoms with Crippen LogP contribution in [0.2, 0.25) is 5.02 Å². The molecule has 6 heteroatoms. The molecule has 0 atom stereocenters. The van der Waals surface area contributed by atoms with Crippen LogP contribution in [0.1, 0.15) is 39.6 Å². The van der Waals surface area contributed by atoms with Crippen LogP contribution in [0.15, 0.2) is 53.1 Å². The molecular weight excluding hydrogens is 350 g/mol. The molecule has 5 nitrogen and oxygen atoms in total. The minimum Gasteiger partial charge on any atom is -0.366 e. The Kier molecular flexibility index (Phi) is 6.02. The summed E-state index contributed by atoms with van der Waals surface area (Å²) in [6.45, 7) is 0. The lowest BCUT2D eigenvalue weighted by Gasteiger charge is -2.04. The number of primary amides is 1. The second-order valence-electron chi connectivity index (χ2n) is 5.90. The van der Waals surface area contributed by atoms with Crippen LogP contribution in [0, 0.1) is 6.42 Å². The summed E-state index contributed by atoms with van der Waals surface area (Å²) in [5.41, 5.74) is 7.92. The molecule has 0 saturated carbocycles. The first kappa shape index (κ1) is 18.1. The SMILES string of the molecule is NC(=O)c1ccccc1CC[CH]c1nc(CCc2ccccc2Cl)no1. The molecule has 1 radical (unpaired) electrons. The van der Waals surface area contributed by atoms with E-state index in [-0.39, 0.29) is 0 Å². The summed E-state index contributed by atoms with van der Waals surface area (Å²) in [6.07, 6.45) is 4.63. The number of carbonyl (C=O) groups is 1. The van der Waals surface area contributed by atoms with E-state index < -0.39 is 5.91 Å². The highest BCUT2D eigenvalue weighted by Gasteiger charge is 2.10. The second kappa shape index (κ2) is 8.63. The molecule has 0 aliphatic heterocycles. The number of amides is 1. The van der Waals surface area contributed by atoms with Gasteiger partial charge in [-0.25, -0.2) is 0 Å². The van der Waals surface area contributed by atoms with Crippen molar-refractivity contribution in [2.75, 3.05) is 0 Å². The molecule has 0 saturated heterocycles. The number of nitrogens with two attached hydrogens (primary N) is 1. The molecule has 2 N–H and O–H groups in total. The van der Waals surface area contributed by atoms with E-state index in [1.165, 1.54) is 0 Å². The maximum absolute atomic E-state index is 11.4. The van der Waals surface area contributed by atoms with E-state index >= 15 is 0 Å². The number of hydrogen-bond donors (Lipinski definition) is 1. The van der Waals surface area contributed by atoms with Crippen molar-refractivity contribution in [2.24, 2.45) is 5.73 Å². The molecule has 3 rings (SSSR count). The van der Waals surface area contributed by atoms with Crippen molar-refractivity contribution in [1.82, 2.24) is 10.1 Å². The quantitative estimate of drug-likeness (QED) is 0.655. The Labute approximate surface area is 157 Å². The molecule has 0 unspecified atom stereocenters. The predicted octanol–water partition coefficient (Wildman–Crippen LogP) is 3.79. The number of carbonyl (C=O) groups excluding carboxylic acids is 1. The Morgan fingerprint density at radius 2 is 1.77 bits per heavy atom. The highest BCUT2D eigenvalue weighted by Crippen LogP contribution is 2.17. The maximum Gasteiger partial charge on any atom is 0.248 e. The van der Waals surface area contributed by atoms with Crippen molar-refractivity contribution in [1.29, 1.82) is 0 Å². The molecule has 0 aliphatic carbocycles. The molecule has 2 aromatic carbocycles. The van der Waals surface area contributed by atoms with Gasteiger partial charge in [-0.05, 0) is 42.5 Å². The number of aromatic nitrogens is 2. The Morgan fingerprint density at radius 3 is 2.54 bits per heavy atom. The number of rotatable bonds is 8. The zero-order valence-corrected chi connectivity index (χ0v) is 14.9. The lowest BCUT2D eigenvalue weighted by atomic mass is 10.0. The van der Waals surface area contributed by atoms with Crippen LogP contribution in [-0.4, -0.2) is 16.0 Å². The Balaban J connectivity index is 1.51. The van der Waals surface area contributed by atoms with Gasteiger partial charge >= 0.3 is 0 Å². The molecule has 0 spiro atoms. The Morgan fingerprint density at radius 1 is 1.04 bits per heavy atom. The third-order valence-corrected chi connectivity index (χ3v) is 4.44. The predicted molar refractivity (Wildman–Crippen MR) is 99.8 cm³/mol. The highest BCUT2D eigenvalue weighted by molar-refractivity contribution is 6.31. The fourth-order valence-corrected chi connectivity index (χ4v) is 2.96. The fourth-order valence-electron chi connectivity index (χ4n) is 2.73. The first-order chi connectivity index (χ1) is 12.6. The lowest BCUT2D eigenvalue weighted by molar-refractivity contribution is 0.0999. The number of halogens is 1. The van der Waals surface area contributed by atoms with Gasteiger partial charge in [-0.3, -0.25) is 4.79 Å². The molecule has 3 aromatic rings. The minimum absolute atomic E-state index is 0.416. The van der Waals surface area contributed by atoms with E-state index in [1.807, 2.05) is 42.8 Å². The van der Waals surface area contributed by atoms with Crippen molar-refractivity contribution < 1.29 is 9.32 Å². The monoisotopic (exact) mass is 368 g/mol. The summed E-state index contributed by atoms with van der Waals surface area (Å²) < 4.78 is 5.26. The maximum atomic E-state index is 11.4. The zero-order valence-electron chi connectivity index (χ0n) is 14.2. The van der Waals surface area contributed by atoms with Crippen LogP contribution in [0.4, 0.5) is 0 Å². The molecule has 1 heterocycles. The van der Waals surface area contributed by atoms with Gasteiger partial charge in [0, 0.05) is 17.0 Å². The summed E-state index contributed by atoms with van der Waals surface area (Å²) in [7, 11) is 0. The van der Waals surface area contributed by atoms with Crippen LogP contribution in [-0.2, 0) is 19.3 Å². The first-order valence-corrected chi connectivity index (χ1v) is 8.78.